The molecule has 0 aliphatic carbocycles. The third-order valence-corrected chi connectivity index (χ3v) is 2.14. The summed E-state index contributed by atoms with van der Waals surface area (Å²) >= 11 is 0. The fourth-order valence-electron chi connectivity index (χ4n) is 1.47. The van der Waals surface area contributed by atoms with Gasteiger partial charge in [-0.3, -0.25) is 4.79 Å². The Kier molecular flexibility index (Phi) is 1.34. The van der Waals surface area contributed by atoms with Crippen molar-refractivity contribution in [2.24, 2.45) is 0 Å². The molecule has 0 fully saturated rings. The lowest BCUT2D eigenvalue weighted by Gasteiger charge is -2.26. The molecule has 0 saturated heterocycles. The van der Waals surface area contributed by atoms with Gasteiger partial charge in [0.05, 0.1) is 6.42 Å². The summed E-state index contributed by atoms with van der Waals surface area (Å²) in [6, 6.07) is 0. The summed E-state index contributed by atoms with van der Waals surface area (Å²) in [5.41, 5.74) is -0.821. The van der Waals surface area contributed by atoms with Crippen molar-refractivity contribution in [2.75, 3.05) is 0 Å². The predicted octanol–water partition coefficient (Wildman–Crippen LogP) is 1.19. The molecule has 1 atom stereocenters. The lowest BCUT2D eigenvalue weighted by molar-refractivity contribution is -0.133. The van der Waals surface area contributed by atoms with E-state index in [1.807, 2.05) is 6.08 Å². The number of hydrogen-bond donors (Lipinski definition) is 0. The first-order valence-corrected chi connectivity index (χ1v) is 3.82. The maximum Gasteiger partial charge on any atom is 0.196 e. The van der Waals surface area contributed by atoms with Crippen molar-refractivity contribution in [3.8, 4) is 12.3 Å². The number of terminal acetylenes is 1. The summed E-state index contributed by atoms with van der Waals surface area (Å²) in [6.45, 7) is 0. The molecule has 0 aromatic rings. The standard InChI is InChI=1S/C10H8O2/c1-2-6-10-7-5-8(12-10)3-4-9(10)11/h1,3,5,7H,4,6H2. The van der Waals surface area contributed by atoms with Gasteiger partial charge in [-0.1, -0.05) is 0 Å². The number of ether oxygens (including phenoxy) is 1. The molecule has 1 unspecified atom stereocenters. The highest BCUT2D eigenvalue weighted by atomic mass is 16.5. The van der Waals surface area contributed by atoms with Crippen LogP contribution in [0.25, 0.3) is 0 Å². The van der Waals surface area contributed by atoms with Gasteiger partial charge in [0.1, 0.15) is 5.76 Å². The third-order valence-electron chi connectivity index (χ3n) is 2.14. The molecule has 2 heteroatoms. The van der Waals surface area contributed by atoms with E-state index >= 15 is 0 Å². The molecule has 0 spiro atoms. The molecule has 2 nitrogen and oxygen atoms in total. The molecule has 0 aromatic carbocycles. The highest BCUT2D eigenvalue weighted by Crippen LogP contribution is 2.34. The number of fused-ring (bicyclic) bond motifs is 2. The van der Waals surface area contributed by atoms with Gasteiger partial charge in [-0.25, -0.2) is 0 Å². The third kappa shape index (κ3) is 0.799. The van der Waals surface area contributed by atoms with Crippen LogP contribution in [0, 0.1) is 12.3 Å². The molecule has 2 bridgehead atoms. The summed E-state index contributed by atoms with van der Waals surface area (Å²) in [5, 5.41) is 0. The largest absolute Gasteiger partial charge is 0.475 e. The number of carbonyl (C=O) groups is 1. The molecule has 0 amide bonds. The van der Waals surface area contributed by atoms with E-state index in [1.165, 1.54) is 0 Å². The number of carbonyl (C=O) groups excluding carboxylic acids is 1. The summed E-state index contributed by atoms with van der Waals surface area (Å²) in [7, 11) is 0. The molecule has 0 saturated carbocycles. The highest BCUT2D eigenvalue weighted by molar-refractivity contribution is 5.93. The van der Waals surface area contributed by atoms with Crippen molar-refractivity contribution < 1.29 is 9.53 Å². The van der Waals surface area contributed by atoms with Crippen LogP contribution >= 0.6 is 0 Å². The van der Waals surface area contributed by atoms with Crippen molar-refractivity contribution >= 4 is 5.78 Å². The number of ketones is 1. The van der Waals surface area contributed by atoms with Gasteiger partial charge in [-0.2, -0.15) is 0 Å². The van der Waals surface area contributed by atoms with E-state index in [4.69, 9.17) is 11.2 Å². The van der Waals surface area contributed by atoms with Crippen LogP contribution in [-0.2, 0) is 9.53 Å². The summed E-state index contributed by atoms with van der Waals surface area (Å²) < 4.78 is 5.40. The normalized spacial score (nSPS) is 30.9. The number of rotatable bonds is 1. The first-order valence-electron chi connectivity index (χ1n) is 3.82. The Morgan fingerprint density at radius 1 is 1.75 bits per heavy atom. The molecule has 0 aromatic heterocycles. The maximum absolute atomic E-state index is 11.4. The second-order valence-electron chi connectivity index (χ2n) is 2.94. The Labute approximate surface area is 70.9 Å². The fourth-order valence-corrected chi connectivity index (χ4v) is 1.47. The van der Waals surface area contributed by atoms with Gasteiger partial charge < -0.3 is 4.74 Å². The predicted molar refractivity (Wildman–Crippen MR) is 44.1 cm³/mol. The minimum Gasteiger partial charge on any atom is -0.475 e. The lowest BCUT2D eigenvalue weighted by atomic mass is 9.93. The maximum atomic E-state index is 11.4. The van der Waals surface area contributed by atoms with Crippen molar-refractivity contribution in [1.29, 1.82) is 0 Å². The van der Waals surface area contributed by atoms with Crippen LogP contribution in [0.2, 0.25) is 0 Å². The molecule has 2 rings (SSSR count). The van der Waals surface area contributed by atoms with Crippen molar-refractivity contribution in [3.05, 3.63) is 24.0 Å². The second-order valence-corrected chi connectivity index (χ2v) is 2.94. The van der Waals surface area contributed by atoms with Crippen LogP contribution in [0.5, 0.6) is 0 Å². The average molecular weight is 160 g/mol. The molecule has 0 radical (unpaired) electrons. The smallest absolute Gasteiger partial charge is 0.196 e. The van der Waals surface area contributed by atoms with Gasteiger partial charge in [0.15, 0.2) is 11.4 Å². The van der Waals surface area contributed by atoms with Crippen LogP contribution in [0.4, 0.5) is 0 Å². The Hall–Kier alpha value is -1.49. The molecule has 2 aliphatic heterocycles. The fraction of sp³-hybridized carbons (Fsp3) is 0.300. The molecular formula is C10H8O2. The van der Waals surface area contributed by atoms with E-state index in [0.717, 1.165) is 5.76 Å². The monoisotopic (exact) mass is 160 g/mol. The topological polar surface area (TPSA) is 26.3 Å². The van der Waals surface area contributed by atoms with Crippen LogP contribution in [0.3, 0.4) is 0 Å². The first kappa shape index (κ1) is 7.17. The highest BCUT2D eigenvalue weighted by Gasteiger charge is 2.42. The van der Waals surface area contributed by atoms with E-state index in [9.17, 15) is 4.79 Å². The molecular weight excluding hydrogens is 152 g/mol. The SMILES string of the molecule is C#CCC12C=CC(=CCC1=O)O2. The average Bonchev–Trinajstić information content (AvgIpc) is 2.40. The van der Waals surface area contributed by atoms with Crippen LogP contribution in [0.1, 0.15) is 12.8 Å². The van der Waals surface area contributed by atoms with E-state index in [-0.39, 0.29) is 5.78 Å². The van der Waals surface area contributed by atoms with Gasteiger partial charge in [-0.05, 0) is 18.2 Å². The van der Waals surface area contributed by atoms with E-state index in [1.54, 1.807) is 12.2 Å². The molecule has 0 N–H and O–H groups in total. The van der Waals surface area contributed by atoms with Gasteiger partial charge in [0.2, 0.25) is 0 Å². The van der Waals surface area contributed by atoms with Crippen LogP contribution < -0.4 is 0 Å². The Bertz CT molecular complexity index is 330. The van der Waals surface area contributed by atoms with Crippen molar-refractivity contribution in [1.82, 2.24) is 0 Å². The lowest BCUT2D eigenvalue weighted by Crippen LogP contribution is -2.38. The van der Waals surface area contributed by atoms with Crippen LogP contribution in [-0.4, -0.2) is 11.4 Å². The molecule has 12 heavy (non-hydrogen) atoms. The zero-order valence-electron chi connectivity index (χ0n) is 6.54. The van der Waals surface area contributed by atoms with E-state index < -0.39 is 5.60 Å². The minimum absolute atomic E-state index is 0.0537. The van der Waals surface area contributed by atoms with Crippen LogP contribution in [0.15, 0.2) is 24.0 Å². The Morgan fingerprint density at radius 3 is 3.33 bits per heavy atom. The van der Waals surface area contributed by atoms with Gasteiger partial charge in [0.25, 0.3) is 0 Å². The van der Waals surface area contributed by atoms with Gasteiger partial charge in [-0.15, -0.1) is 12.3 Å². The number of Topliss-reactive ketones (excluding diaryl/α,β-unsaturated/α-hetero) is 1. The van der Waals surface area contributed by atoms with E-state index in [2.05, 4.69) is 5.92 Å². The Morgan fingerprint density at radius 2 is 2.58 bits per heavy atom. The molecule has 60 valence electrons. The first-order chi connectivity index (χ1) is 5.77. The number of allylic oxidation sites excluding steroid dienone is 2. The summed E-state index contributed by atoms with van der Waals surface area (Å²) in [4.78, 5) is 11.4. The minimum atomic E-state index is -0.821. The quantitative estimate of drug-likeness (QED) is 0.538. The second kappa shape index (κ2) is 2.25. The summed E-state index contributed by atoms with van der Waals surface area (Å²) in [5.74, 6) is 3.28. The zero-order valence-corrected chi connectivity index (χ0v) is 6.54. The summed E-state index contributed by atoms with van der Waals surface area (Å²) in [6.07, 6.45) is 11.3. The number of hydrogen-bond acceptors (Lipinski definition) is 2. The van der Waals surface area contributed by atoms with Crippen molar-refractivity contribution in [3.63, 3.8) is 0 Å². The van der Waals surface area contributed by atoms with Gasteiger partial charge >= 0.3 is 0 Å². The Balaban J connectivity index is 2.39. The van der Waals surface area contributed by atoms with Crippen molar-refractivity contribution in [2.45, 2.75) is 18.4 Å². The molecule has 2 heterocycles. The van der Waals surface area contributed by atoms with E-state index in [0.29, 0.717) is 12.8 Å². The molecule has 2 aliphatic rings. The zero-order chi connectivity index (χ0) is 8.60. The van der Waals surface area contributed by atoms with Gasteiger partial charge in [0, 0.05) is 6.42 Å².